The average molecular weight is 194 g/mol. The van der Waals surface area contributed by atoms with Gasteiger partial charge in [-0.05, 0) is 27.1 Å². The Morgan fingerprint density at radius 3 is 3.14 bits per heavy atom. The molecule has 1 unspecified atom stereocenters. The topological polar surface area (TPSA) is 33.1 Å². The maximum absolute atomic E-state index is 4.40. The average Bonchev–Trinajstić information content (AvgIpc) is 2.74. The highest BCUT2D eigenvalue weighted by molar-refractivity contribution is 5.04. The Morgan fingerprint density at radius 2 is 2.50 bits per heavy atom. The normalized spacial score (nSPS) is 23.1. The summed E-state index contributed by atoms with van der Waals surface area (Å²) in [6.45, 7) is 3.22. The van der Waals surface area contributed by atoms with Crippen molar-refractivity contribution >= 4 is 0 Å². The summed E-state index contributed by atoms with van der Waals surface area (Å²) in [5.41, 5.74) is 1.27. The Morgan fingerprint density at radius 1 is 1.64 bits per heavy atom. The van der Waals surface area contributed by atoms with E-state index in [-0.39, 0.29) is 0 Å². The molecule has 4 heteroatoms. The molecule has 0 bridgehead atoms. The molecular weight excluding hydrogens is 176 g/mol. The molecule has 0 radical (unpaired) electrons. The molecule has 1 saturated heterocycles. The lowest BCUT2D eigenvalue weighted by Gasteiger charge is -2.10. The van der Waals surface area contributed by atoms with Gasteiger partial charge in [-0.3, -0.25) is 4.68 Å². The zero-order chi connectivity index (χ0) is 9.97. The fraction of sp³-hybridized carbons (Fsp3) is 0.700. The largest absolute Gasteiger partial charge is 0.316 e. The van der Waals surface area contributed by atoms with Crippen molar-refractivity contribution in [3.05, 3.63) is 18.0 Å². The van der Waals surface area contributed by atoms with Crippen LogP contribution in [0.4, 0.5) is 0 Å². The molecule has 78 valence electrons. The van der Waals surface area contributed by atoms with E-state index in [1.165, 1.54) is 18.5 Å². The van der Waals surface area contributed by atoms with Crippen LogP contribution in [0.3, 0.4) is 0 Å². The summed E-state index contributed by atoms with van der Waals surface area (Å²) in [4.78, 5) is 2.35. The van der Waals surface area contributed by atoms with E-state index in [4.69, 9.17) is 0 Å². The first-order chi connectivity index (χ1) is 6.79. The van der Waals surface area contributed by atoms with Crippen molar-refractivity contribution < 1.29 is 0 Å². The summed E-state index contributed by atoms with van der Waals surface area (Å²) in [5.74, 6) is 0. The molecule has 1 N–H and O–H groups in total. The molecule has 0 saturated carbocycles. The van der Waals surface area contributed by atoms with Crippen molar-refractivity contribution in [2.45, 2.75) is 19.0 Å². The molecule has 0 amide bonds. The molecule has 0 spiro atoms. The zero-order valence-electron chi connectivity index (χ0n) is 8.90. The van der Waals surface area contributed by atoms with Gasteiger partial charge >= 0.3 is 0 Å². The van der Waals surface area contributed by atoms with E-state index in [1.807, 2.05) is 13.2 Å². The minimum absolute atomic E-state index is 0.575. The van der Waals surface area contributed by atoms with Crippen LogP contribution in [0.25, 0.3) is 0 Å². The highest BCUT2D eigenvalue weighted by Gasteiger charge is 2.21. The van der Waals surface area contributed by atoms with E-state index in [1.54, 1.807) is 0 Å². The van der Waals surface area contributed by atoms with Crippen LogP contribution in [0.5, 0.6) is 0 Å². The minimum atomic E-state index is 0.575. The molecule has 4 nitrogen and oxygen atoms in total. The number of likely N-dealkylation sites (N-methyl/N-ethyl adjacent to an activating group) is 1. The summed E-state index contributed by atoms with van der Waals surface area (Å²) in [5, 5.41) is 7.53. The zero-order valence-corrected chi connectivity index (χ0v) is 8.90. The van der Waals surface area contributed by atoms with Gasteiger partial charge in [-0.25, -0.2) is 0 Å². The van der Waals surface area contributed by atoms with E-state index in [0.717, 1.165) is 13.1 Å². The number of hydrogen-bond acceptors (Lipinski definition) is 3. The number of likely N-dealkylation sites (tertiary alicyclic amines) is 1. The SMILES string of the molecule is CNCc1cnn(C2CCN(C)C2)c1. The predicted molar refractivity (Wildman–Crippen MR) is 56.1 cm³/mol. The van der Waals surface area contributed by atoms with Crippen molar-refractivity contribution in [3.63, 3.8) is 0 Å². The van der Waals surface area contributed by atoms with Crippen LogP contribution in [-0.2, 0) is 6.54 Å². The highest BCUT2D eigenvalue weighted by atomic mass is 15.3. The van der Waals surface area contributed by atoms with Crippen LogP contribution in [0, 0.1) is 0 Å². The van der Waals surface area contributed by atoms with Crippen LogP contribution in [-0.4, -0.2) is 41.9 Å². The first kappa shape index (κ1) is 9.68. The lowest BCUT2D eigenvalue weighted by Crippen LogP contribution is -2.16. The Kier molecular flexibility index (Phi) is 2.84. The summed E-state index contributed by atoms with van der Waals surface area (Å²) in [7, 11) is 4.12. The maximum Gasteiger partial charge on any atom is 0.0658 e. The molecule has 1 aromatic heterocycles. The third-order valence-electron chi connectivity index (χ3n) is 2.78. The van der Waals surface area contributed by atoms with Gasteiger partial charge in [0.25, 0.3) is 0 Å². The molecule has 0 aliphatic carbocycles. The van der Waals surface area contributed by atoms with Crippen LogP contribution < -0.4 is 5.32 Å². The van der Waals surface area contributed by atoms with Crippen molar-refractivity contribution in [1.82, 2.24) is 20.0 Å². The van der Waals surface area contributed by atoms with E-state index in [2.05, 4.69) is 33.2 Å². The molecule has 1 aliphatic heterocycles. The number of rotatable bonds is 3. The first-order valence-electron chi connectivity index (χ1n) is 5.16. The second-order valence-electron chi connectivity index (χ2n) is 4.06. The standard InChI is InChI=1S/C10H18N4/c1-11-5-9-6-12-14(7-9)10-3-4-13(2)8-10/h6-7,10-11H,3-5,8H2,1-2H3. The number of nitrogens with one attached hydrogen (secondary N) is 1. The van der Waals surface area contributed by atoms with Gasteiger partial charge in [0.2, 0.25) is 0 Å². The Balaban J connectivity index is 2.02. The monoisotopic (exact) mass is 194 g/mol. The Labute approximate surface area is 84.9 Å². The van der Waals surface area contributed by atoms with Gasteiger partial charge in [0.1, 0.15) is 0 Å². The third kappa shape index (κ3) is 1.96. The molecule has 2 heterocycles. The molecule has 14 heavy (non-hydrogen) atoms. The molecule has 1 aliphatic rings. The molecule has 1 aromatic rings. The summed E-state index contributed by atoms with van der Waals surface area (Å²) >= 11 is 0. The lowest BCUT2D eigenvalue weighted by atomic mass is 10.3. The second-order valence-corrected chi connectivity index (χ2v) is 4.06. The minimum Gasteiger partial charge on any atom is -0.316 e. The van der Waals surface area contributed by atoms with E-state index in [9.17, 15) is 0 Å². The van der Waals surface area contributed by atoms with Crippen molar-refractivity contribution in [2.24, 2.45) is 0 Å². The van der Waals surface area contributed by atoms with Gasteiger partial charge in [0.05, 0.1) is 12.2 Å². The molecule has 1 fully saturated rings. The highest BCUT2D eigenvalue weighted by Crippen LogP contribution is 2.19. The predicted octanol–water partition coefficient (Wildman–Crippen LogP) is 0.479. The molecule has 0 aromatic carbocycles. The van der Waals surface area contributed by atoms with Crippen LogP contribution in [0.2, 0.25) is 0 Å². The van der Waals surface area contributed by atoms with Crippen molar-refractivity contribution in [3.8, 4) is 0 Å². The van der Waals surface area contributed by atoms with Gasteiger partial charge in [-0.2, -0.15) is 5.10 Å². The maximum atomic E-state index is 4.40. The molecular formula is C10H18N4. The fourth-order valence-electron chi connectivity index (χ4n) is 2.00. The van der Waals surface area contributed by atoms with E-state index in [0.29, 0.717) is 6.04 Å². The molecule has 2 rings (SSSR count). The first-order valence-corrected chi connectivity index (χ1v) is 5.16. The van der Waals surface area contributed by atoms with Gasteiger partial charge < -0.3 is 10.2 Å². The Hall–Kier alpha value is -0.870. The van der Waals surface area contributed by atoms with Gasteiger partial charge in [-0.15, -0.1) is 0 Å². The molecule has 1 atom stereocenters. The van der Waals surface area contributed by atoms with Crippen LogP contribution >= 0.6 is 0 Å². The quantitative estimate of drug-likeness (QED) is 0.759. The van der Waals surface area contributed by atoms with E-state index >= 15 is 0 Å². The second kappa shape index (κ2) is 4.11. The van der Waals surface area contributed by atoms with Gasteiger partial charge in [0.15, 0.2) is 0 Å². The number of nitrogens with zero attached hydrogens (tertiary/aromatic N) is 3. The summed E-state index contributed by atoms with van der Waals surface area (Å²) < 4.78 is 2.11. The van der Waals surface area contributed by atoms with Crippen molar-refractivity contribution in [2.75, 3.05) is 27.2 Å². The van der Waals surface area contributed by atoms with Crippen LogP contribution in [0.1, 0.15) is 18.0 Å². The van der Waals surface area contributed by atoms with E-state index < -0.39 is 0 Å². The fourth-order valence-corrected chi connectivity index (χ4v) is 2.00. The van der Waals surface area contributed by atoms with Crippen LogP contribution in [0.15, 0.2) is 12.4 Å². The van der Waals surface area contributed by atoms with Crippen molar-refractivity contribution in [1.29, 1.82) is 0 Å². The summed E-state index contributed by atoms with van der Waals surface area (Å²) in [6.07, 6.45) is 5.33. The van der Waals surface area contributed by atoms with Gasteiger partial charge in [-0.1, -0.05) is 0 Å². The Bertz CT molecular complexity index is 294. The smallest absolute Gasteiger partial charge is 0.0658 e. The summed E-state index contributed by atoms with van der Waals surface area (Å²) in [6, 6.07) is 0.575. The third-order valence-corrected chi connectivity index (χ3v) is 2.78. The lowest BCUT2D eigenvalue weighted by molar-refractivity contribution is 0.382. The number of hydrogen-bond donors (Lipinski definition) is 1. The number of aromatic nitrogens is 2. The van der Waals surface area contributed by atoms with Gasteiger partial charge in [0, 0.05) is 24.8 Å².